The lowest BCUT2D eigenvalue weighted by Gasteiger charge is -2.18. The number of anilines is 1. The molecule has 1 fully saturated rings. The fraction of sp³-hybridized carbons (Fsp3) is 0.600. The zero-order valence-corrected chi connectivity index (χ0v) is 12.5. The van der Waals surface area contributed by atoms with E-state index in [1.54, 1.807) is 0 Å². The van der Waals surface area contributed by atoms with Gasteiger partial charge in [-0.3, -0.25) is 0 Å². The Kier molecular flexibility index (Phi) is 5.04. The normalized spacial score (nSPS) is 24.6. The van der Waals surface area contributed by atoms with Crippen LogP contribution in [-0.2, 0) is 0 Å². The Balaban J connectivity index is 1.96. The third-order valence-corrected chi connectivity index (χ3v) is 4.45. The Bertz CT molecular complexity index is 394. The van der Waals surface area contributed by atoms with Crippen LogP contribution in [0.2, 0.25) is 0 Å². The van der Waals surface area contributed by atoms with Crippen LogP contribution < -0.4 is 5.32 Å². The Morgan fingerprint density at radius 1 is 1.28 bits per heavy atom. The molecule has 100 valence electrons. The van der Waals surface area contributed by atoms with E-state index in [0.29, 0.717) is 11.7 Å². The predicted molar refractivity (Wildman–Crippen MR) is 78.4 cm³/mol. The molecule has 2 rings (SSSR count). The van der Waals surface area contributed by atoms with E-state index in [1.807, 2.05) is 12.1 Å². The number of halogens is 2. The lowest BCUT2D eigenvalue weighted by atomic mass is 9.98. The number of rotatable bonds is 3. The van der Waals surface area contributed by atoms with Crippen LogP contribution in [0.5, 0.6) is 0 Å². The van der Waals surface area contributed by atoms with Crippen molar-refractivity contribution in [2.24, 2.45) is 5.92 Å². The second-order valence-corrected chi connectivity index (χ2v) is 6.16. The number of benzene rings is 1. The largest absolute Gasteiger partial charge is 0.380 e. The number of hydrogen-bond acceptors (Lipinski definition) is 1. The Labute approximate surface area is 117 Å². The van der Waals surface area contributed by atoms with E-state index in [4.69, 9.17) is 0 Å². The summed E-state index contributed by atoms with van der Waals surface area (Å²) in [7, 11) is 0. The van der Waals surface area contributed by atoms with Crippen LogP contribution in [0.15, 0.2) is 22.7 Å². The predicted octanol–water partition coefficient (Wildman–Crippen LogP) is 5.36. The second kappa shape index (κ2) is 6.55. The van der Waals surface area contributed by atoms with Crippen LogP contribution >= 0.6 is 15.9 Å². The van der Waals surface area contributed by atoms with Crippen molar-refractivity contribution >= 4 is 21.6 Å². The average Bonchev–Trinajstić information content (AvgIpc) is 2.58. The maximum Gasteiger partial charge on any atom is 0.147 e. The van der Waals surface area contributed by atoms with Crippen molar-refractivity contribution in [3.05, 3.63) is 28.5 Å². The van der Waals surface area contributed by atoms with Gasteiger partial charge in [-0.1, -0.05) is 42.1 Å². The average molecular weight is 314 g/mol. The molecule has 0 spiro atoms. The Hall–Kier alpha value is -0.570. The van der Waals surface area contributed by atoms with Gasteiger partial charge in [-0.25, -0.2) is 4.39 Å². The molecule has 0 aliphatic heterocycles. The van der Waals surface area contributed by atoms with Gasteiger partial charge in [0, 0.05) is 10.5 Å². The van der Waals surface area contributed by atoms with E-state index >= 15 is 0 Å². The van der Waals surface area contributed by atoms with Crippen LogP contribution in [0, 0.1) is 11.7 Å². The molecule has 0 amide bonds. The summed E-state index contributed by atoms with van der Waals surface area (Å²) in [6.45, 7) is 2.27. The van der Waals surface area contributed by atoms with E-state index < -0.39 is 0 Å². The maximum absolute atomic E-state index is 13.8. The Morgan fingerprint density at radius 3 is 2.83 bits per heavy atom. The summed E-state index contributed by atoms with van der Waals surface area (Å²) in [6, 6.07) is 5.66. The van der Waals surface area contributed by atoms with E-state index in [-0.39, 0.29) is 5.82 Å². The van der Waals surface area contributed by atoms with Crippen LogP contribution in [0.1, 0.15) is 45.4 Å². The van der Waals surface area contributed by atoms with Gasteiger partial charge in [0.15, 0.2) is 0 Å². The first kappa shape index (κ1) is 13.9. The van der Waals surface area contributed by atoms with Gasteiger partial charge in [-0.15, -0.1) is 0 Å². The summed E-state index contributed by atoms with van der Waals surface area (Å²) in [5, 5.41) is 3.37. The molecule has 3 heteroatoms. The highest BCUT2D eigenvalue weighted by Crippen LogP contribution is 2.28. The molecule has 0 saturated heterocycles. The van der Waals surface area contributed by atoms with Crippen molar-refractivity contribution < 1.29 is 4.39 Å². The Morgan fingerprint density at radius 2 is 2.11 bits per heavy atom. The number of nitrogens with one attached hydrogen (secondary N) is 1. The van der Waals surface area contributed by atoms with Crippen LogP contribution in [0.3, 0.4) is 0 Å². The smallest absolute Gasteiger partial charge is 0.147 e. The molecule has 0 radical (unpaired) electrons. The molecule has 0 heterocycles. The minimum atomic E-state index is -0.166. The highest BCUT2D eigenvalue weighted by molar-refractivity contribution is 9.10. The molecule has 0 aromatic heterocycles. The molecule has 1 N–H and O–H groups in total. The maximum atomic E-state index is 13.8. The van der Waals surface area contributed by atoms with Crippen molar-refractivity contribution in [3.8, 4) is 0 Å². The quantitative estimate of drug-likeness (QED) is 0.741. The van der Waals surface area contributed by atoms with Gasteiger partial charge >= 0.3 is 0 Å². The first-order valence-electron chi connectivity index (χ1n) is 6.90. The molecular weight excluding hydrogens is 293 g/mol. The van der Waals surface area contributed by atoms with E-state index in [2.05, 4.69) is 28.2 Å². The monoisotopic (exact) mass is 313 g/mol. The van der Waals surface area contributed by atoms with Crippen LogP contribution in [0.4, 0.5) is 10.1 Å². The molecular formula is C15H21BrFN. The molecule has 1 saturated carbocycles. The minimum Gasteiger partial charge on any atom is -0.380 e. The van der Waals surface area contributed by atoms with Crippen molar-refractivity contribution in [2.45, 2.75) is 51.5 Å². The van der Waals surface area contributed by atoms with Gasteiger partial charge in [0.25, 0.3) is 0 Å². The molecule has 1 aliphatic rings. The fourth-order valence-corrected chi connectivity index (χ4v) is 3.09. The molecule has 1 aliphatic carbocycles. The highest BCUT2D eigenvalue weighted by atomic mass is 79.9. The number of hydrogen-bond donors (Lipinski definition) is 1. The van der Waals surface area contributed by atoms with Crippen LogP contribution in [-0.4, -0.2) is 6.04 Å². The summed E-state index contributed by atoms with van der Waals surface area (Å²) in [5.74, 6) is 0.701. The van der Waals surface area contributed by atoms with Gasteiger partial charge in [-0.05, 0) is 43.4 Å². The third kappa shape index (κ3) is 3.71. The van der Waals surface area contributed by atoms with Gasteiger partial charge < -0.3 is 5.32 Å². The lowest BCUT2D eigenvalue weighted by molar-refractivity contribution is 0.444. The zero-order chi connectivity index (χ0) is 13.0. The molecule has 1 nitrogen and oxygen atoms in total. The van der Waals surface area contributed by atoms with Gasteiger partial charge in [-0.2, -0.15) is 0 Å². The SMILES string of the molecule is CCC1CCCC(Nc2ccc(Br)cc2F)CC1. The lowest BCUT2D eigenvalue weighted by Crippen LogP contribution is -2.19. The summed E-state index contributed by atoms with van der Waals surface area (Å²) in [4.78, 5) is 0. The fourth-order valence-electron chi connectivity index (χ4n) is 2.76. The summed E-state index contributed by atoms with van der Waals surface area (Å²) >= 11 is 3.28. The minimum absolute atomic E-state index is 0.166. The van der Waals surface area contributed by atoms with E-state index in [0.717, 1.165) is 23.2 Å². The molecule has 1 aromatic carbocycles. The summed E-state index contributed by atoms with van der Waals surface area (Å²) in [5.41, 5.74) is 0.637. The molecule has 2 atom stereocenters. The van der Waals surface area contributed by atoms with Crippen molar-refractivity contribution in [1.82, 2.24) is 0 Å². The third-order valence-electron chi connectivity index (χ3n) is 3.96. The first-order chi connectivity index (χ1) is 8.69. The van der Waals surface area contributed by atoms with Gasteiger partial charge in [0.05, 0.1) is 5.69 Å². The molecule has 0 bridgehead atoms. The highest BCUT2D eigenvalue weighted by Gasteiger charge is 2.18. The van der Waals surface area contributed by atoms with Crippen LogP contribution in [0.25, 0.3) is 0 Å². The van der Waals surface area contributed by atoms with Gasteiger partial charge in [0.2, 0.25) is 0 Å². The van der Waals surface area contributed by atoms with E-state index in [9.17, 15) is 4.39 Å². The molecule has 2 unspecified atom stereocenters. The van der Waals surface area contributed by atoms with Crippen molar-refractivity contribution in [2.75, 3.05) is 5.32 Å². The summed E-state index contributed by atoms with van der Waals surface area (Å²) < 4.78 is 14.5. The second-order valence-electron chi connectivity index (χ2n) is 5.25. The van der Waals surface area contributed by atoms with E-state index in [1.165, 1.54) is 31.7 Å². The zero-order valence-electron chi connectivity index (χ0n) is 10.9. The first-order valence-corrected chi connectivity index (χ1v) is 7.70. The molecule has 1 aromatic rings. The standard InChI is InChI=1S/C15H21BrFN/c1-2-11-4-3-5-13(8-6-11)18-15-9-7-12(16)10-14(15)17/h7,9-11,13,18H,2-6,8H2,1H3. The van der Waals surface area contributed by atoms with Crippen molar-refractivity contribution in [3.63, 3.8) is 0 Å². The molecule has 18 heavy (non-hydrogen) atoms. The van der Waals surface area contributed by atoms with Gasteiger partial charge in [0.1, 0.15) is 5.82 Å². The topological polar surface area (TPSA) is 12.0 Å². The summed E-state index contributed by atoms with van der Waals surface area (Å²) in [6.07, 6.45) is 7.46. The van der Waals surface area contributed by atoms with Crippen molar-refractivity contribution in [1.29, 1.82) is 0 Å².